The zero-order chi connectivity index (χ0) is 20.4. The van der Waals surface area contributed by atoms with Crippen molar-refractivity contribution < 1.29 is 19.5 Å². The van der Waals surface area contributed by atoms with E-state index in [1.165, 1.54) is 6.42 Å². The molecule has 0 aromatic heterocycles. The molecule has 0 bridgehead atoms. The van der Waals surface area contributed by atoms with Crippen LogP contribution in [-0.2, 0) is 14.4 Å². The Balaban J connectivity index is 0. The van der Waals surface area contributed by atoms with Gasteiger partial charge in [0.05, 0.1) is 0 Å². The quantitative estimate of drug-likeness (QED) is 0.449. The zero-order valence-corrected chi connectivity index (χ0v) is 17.4. The van der Waals surface area contributed by atoms with Gasteiger partial charge in [-0.3, -0.25) is 14.4 Å². The first kappa shape index (κ1) is 26.1. The second-order valence-corrected chi connectivity index (χ2v) is 6.83. The monoisotopic (exact) mass is 431 g/mol. The third-order valence-corrected chi connectivity index (χ3v) is 3.42. The number of aliphatic carboxylic acids is 1. The molecular formula is C18H30BrN3O4. The lowest BCUT2D eigenvalue weighted by Crippen LogP contribution is -2.20. The van der Waals surface area contributed by atoms with Crippen LogP contribution < -0.4 is 16.0 Å². The topological polar surface area (TPSA) is 108 Å². The fourth-order valence-electron chi connectivity index (χ4n) is 1.88. The van der Waals surface area contributed by atoms with Gasteiger partial charge in [-0.05, 0) is 42.5 Å². The van der Waals surface area contributed by atoms with Crippen molar-refractivity contribution in [3.8, 4) is 0 Å². The summed E-state index contributed by atoms with van der Waals surface area (Å²) in [5.41, 5.74) is 1.14. The molecule has 0 aliphatic carbocycles. The fraction of sp³-hybridized carbons (Fsp3) is 0.500. The number of hydrogen-bond donors (Lipinski definition) is 4. The first-order chi connectivity index (χ1) is 12.3. The lowest BCUT2D eigenvalue weighted by Gasteiger charge is -2.12. The van der Waals surface area contributed by atoms with Crippen molar-refractivity contribution >= 4 is 40.4 Å². The average molecular weight is 432 g/mol. The number of anilines is 1. The summed E-state index contributed by atoms with van der Waals surface area (Å²) < 4.78 is 1.11. The number of hydrogen-bond acceptors (Lipinski definition) is 4. The Labute approximate surface area is 164 Å². The van der Waals surface area contributed by atoms with Gasteiger partial charge in [0.2, 0.25) is 12.8 Å². The molecule has 1 rings (SSSR count). The van der Waals surface area contributed by atoms with Gasteiger partial charge in [-0.2, -0.15) is 0 Å². The number of carbonyl (C=O) groups is 3. The summed E-state index contributed by atoms with van der Waals surface area (Å²) in [7, 11) is 1.91. The minimum absolute atomic E-state index is 0.302. The summed E-state index contributed by atoms with van der Waals surface area (Å²) in [6.07, 6.45) is 2.28. The second kappa shape index (κ2) is 17.7. The van der Waals surface area contributed by atoms with Gasteiger partial charge >= 0.3 is 5.97 Å². The molecule has 7 nitrogen and oxygen atoms in total. The summed E-state index contributed by atoms with van der Waals surface area (Å²) >= 11 is 3.35. The van der Waals surface area contributed by atoms with E-state index >= 15 is 0 Å². The maximum absolute atomic E-state index is 9.88. The number of rotatable bonds is 9. The minimum Gasteiger partial charge on any atom is -0.480 e. The van der Waals surface area contributed by atoms with Crippen LogP contribution in [0.1, 0.15) is 27.2 Å². The first-order valence-corrected chi connectivity index (χ1v) is 9.05. The van der Waals surface area contributed by atoms with E-state index < -0.39 is 5.97 Å². The van der Waals surface area contributed by atoms with E-state index in [2.05, 4.69) is 47.3 Å². The van der Waals surface area contributed by atoms with E-state index in [4.69, 9.17) is 5.11 Å². The molecule has 1 aromatic rings. The highest BCUT2D eigenvalue weighted by Gasteiger charge is 2.02. The number of amides is 2. The number of nitrogens with one attached hydrogen (secondary N) is 3. The van der Waals surface area contributed by atoms with Crippen molar-refractivity contribution in [2.45, 2.75) is 27.2 Å². The summed E-state index contributed by atoms with van der Waals surface area (Å²) in [6.45, 7) is 7.04. The zero-order valence-electron chi connectivity index (χ0n) is 15.8. The van der Waals surface area contributed by atoms with E-state index in [1.54, 1.807) is 0 Å². The van der Waals surface area contributed by atoms with Crippen LogP contribution in [0.2, 0.25) is 0 Å². The maximum atomic E-state index is 9.88. The highest BCUT2D eigenvalue weighted by Crippen LogP contribution is 2.12. The lowest BCUT2D eigenvalue weighted by atomic mass is 9.99. The molecule has 0 aliphatic rings. The molecule has 4 N–H and O–H groups in total. The van der Waals surface area contributed by atoms with Crippen molar-refractivity contribution in [2.75, 3.05) is 25.5 Å². The Morgan fingerprint density at radius 3 is 2.00 bits per heavy atom. The number of carboxylic acid groups (broad SMARTS) is 1. The molecule has 0 aliphatic heterocycles. The van der Waals surface area contributed by atoms with Gasteiger partial charge in [0.15, 0.2) is 0 Å². The van der Waals surface area contributed by atoms with E-state index in [0.717, 1.165) is 29.0 Å². The van der Waals surface area contributed by atoms with Crippen LogP contribution in [0.4, 0.5) is 5.69 Å². The molecule has 26 heavy (non-hydrogen) atoms. The van der Waals surface area contributed by atoms with Crippen molar-refractivity contribution in [3.05, 3.63) is 28.7 Å². The van der Waals surface area contributed by atoms with Gasteiger partial charge < -0.3 is 21.1 Å². The molecule has 0 fully saturated rings. The van der Waals surface area contributed by atoms with Gasteiger partial charge in [-0.15, -0.1) is 0 Å². The Morgan fingerprint density at radius 1 is 1.12 bits per heavy atom. The fourth-order valence-corrected chi connectivity index (χ4v) is 2.15. The molecule has 0 spiro atoms. The Kier molecular flexibility index (Phi) is 17.8. The average Bonchev–Trinajstić information content (AvgIpc) is 2.59. The summed E-state index contributed by atoms with van der Waals surface area (Å²) in [5.74, 6) is 0.292. The van der Waals surface area contributed by atoms with E-state index in [0.29, 0.717) is 12.3 Å². The number of halogens is 1. The summed E-state index contributed by atoms with van der Waals surface area (Å²) in [5, 5.41) is 15.5. The van der Waals surface area contributed by atoms with E-state index in [1.807, 2.05) is 36.6 Å². The Hall–Kier alpha value is -2.09. The molecule has 148 valence electrons. The molecule has 2 amide bonds. The Bertz CT molecular complexity index is 496. The van der Waals surface area contributed by atoms with Crippen LogP contribution in [0.5, 0.6) is 0 Å². The van der Waals surface area contributed by atoms with Crippen molar-refractivity contribution in [1.82, 2.24) is 10.6 Å². The van der Waals surface area contributed by atoms with Crippen LogP contribution in [-0.4, -0.2) is 44.0 Å². The van der Waals surface area contributed by atoms with Crippen LogP contribution >= 0.6 is 15.9 Å². The Morgan fingerprint density at radius 2 is 1.65 bits per heavy atom. The standard InChI is InChI=1S/C8H17NO.C7H8BrN.C3H5NO3/c1-7(2)4-8(3)5-9-6-10;1-9-7-4-2-6(8)3-5-7;5-2-4-1-3(6)7/h6-8H,4-5H2,1-3H3,(H,9,10);2-5,9H,1H3;2H,1H2,(H,4,5)(H,6,7). The molecule has 0 saturated heterocycles. The predicted octanol–water partition coefficient (Wildman–Crippen LogP) is 2.72. The van der Waals surface area contributed by atoms with Gasteiger partial charge in [-0.1, -0.05) is 36.7 Å². The van der Waals surface area contributed by atoms with Crippen LogP contribution in [0.3, 0.4) is 0 Å². The van der Waals surface area contributed by atoms with Crippen molar-refractivity contribution in [1.29, 1.82) is 0 Å². The van der Waals surface area contributed by atoms with Gasteiger partial charge in [0.25, 0.3) is 0 Å². The van der Waals surface area contributed by atoms with Gasteiger partial charge in [-0.25, -0.2) is 0 Å². The van der Waals surface area contributed by atoms with E-state index in [-0.39, 0.29) is 6.54 Å². The summed E-state index contributed by atoms with van der Waals surface area (Å²) in [4.78, 5) is 28.8. The van der Waals surface area contributed by atoms with Crippen LogP contribution in [0.25, 0.3) is 0 Å². The van der Waals surface area contributed by atoms with Crippen LogP contribution in [0.15, 0.2) is 28.7 Å². The SMILES string of the molecule is CC(C)CC(C)CNC=O.CNc1ccc(Br)cc1.O=CNCC(=O)O. The minimum atomic E-state index is -1.04. The van der Waals surface area contributed by atoms with Gasteiger partial charge in [0.1, 0.15) is 6.54 Å². The van der Waals surface area contributed by atoms with Crippen LogP contribution in [0, 0.1) is 11.8 Å². The molecular weight excluding hydrogens is 402 g/mol. The smallest absolute Gasteiger partial charge is 0.322 e. The predicted molar refractivity (Wildman–Crippen MR) is 108 cm³/mol. The van der Waals surface area contributed by atoms with E-state index in [9.17, 15) is 14.4 Å². The molecule has 0 saturated carbocycles. The van der Waals surface area contributed by atoms with Gasteiger partial charge in [0, 0.05) is 23.8 Å². The number of benzene rings is 1. The van der Waals surface area contributed by atoms with Crippen molar-refractivity contribution in [3.63, 3.8) is 0 Å². The molecule has 8 heteroatoms. The first-order valence-electron chi connectivity index (χ1n) is 8.25. The normalized spacial score (nSPS) is 10.2. The molecule has 1 unspecified atom stereocenters. The molecule has 0 heterocycles. The molecule has 0 radical (unpaired) electrons. The maximum Gasteiger partial charge on any atom is 0.322 e. The lowest BCUT2D eigenvalue weighted by molar-refractivity contribution is -0.136. The molecule has 1 atom stereocenters. The van der Waals surface area contributed by atoms with Crippen molar-refractivity contribution in [2.24, 2.45) is 11.8 Å². The number of carboxylic acids is 1. The highest BCUT2D eigenvalue weighted by atomic mass is 79.9. The largest absolute Gasteiger partial charge is 0.480 e. The highest BCUT2D eigenvalue weighted by molar-refractivity contribution is 9.10. The summed E-state index contributed by atoms with van der Waals surface area (Å²) in [6, 6.07) is 8.05. The number of carbonyl (C=O) groups excluding carboxylic acids is 2. The third kappa shape index (κ3) is 20.0. The second-order valence-electron chi connectivity index (χ2n) is 5.91. The molecule has 1 aromatic carbocycles. The third-order valence-electron chi connectivity index (χ3n) is 2.89.